The van der Waals surface area contributed by atoms with Gasteiger partial charge >= 0.3 is 0 Å². The standard InChI is InChI=1S/C19H20N2/c1-20-9-10-21-16-8-3-2-5-13(16)11-14-6-4-7-15-12-17(20)19(21)18(14)15/h2-8,17,19H,9-12H2,1H3/t17-,19+/m0/s1. The SMILES string of the molecule is CN1CCN2c3ccccc3Cc3cccc4c3[C@H]2[C@@H]1C4. The third-order valence-electron chi connectivity index (χ3n) is 5.65. The van der Waals surface area contributed by atoms with E-state index in [4.69, 9.17) is 0 Å². The number of hydrogen-bond donors (Lipinski definition) is 0. The first-order valence-corrected chi connectivity index (χ1v) is 7.98. The molecular weight excluding hydrogens is 256 g/mol. The van der Waals surface area contributed by atoms with Crippen LogP contribution in [0.3, 0.4) is 0 Å². The number of piperazine rings is 1. The molecule has 0 spiro atoms. The van der Waals surface area contributed by atoms with E-state index in [1.807, 2.05) is 0 Å². The molecule has 0 unspecified atom stereocenters. The summed E-state index contributed by atoms with van der Waals surface area (Å²) >= 11 is 0. The molecule has 0 N–H and O–H groups in total. The average Bonchev–Trinajstić information content (AvgIpc) is 2.83. The third-order valence-corrected chi connectivity index (χ3v) is 5.65. The normalized spacial score (nSPS) is 26.2. The van der Waals surface area contributed by atoms with E-state index in [0.29, 0.717) is 12.1 Å². The number of hydrogen-bond acceptors (Lipinski definition) is 2. The summed E-state index contributed by atoms with van der Waals surface area (Å²) < 4.78 is 0. The molecule has 2 nitrogen and oxygen atoms in total. The summed E-state index contributed by atoms with van der Waals surface area (Å²) in [4.78, 5) is 5.25. The van der Waals surface area contributed by atoms with Crippen molar-refractivity contribution in [2.45, 2.75) is 24.9 Å². The quantitative estimate of drug-likeness (QED) is 0.730. The summed E-state index contributed by atoms with van der Waals surface area (Å²) in [6.45, 7) is 2.31. The van der Waals surface area contributed by atoms with Crippen molar-refractivity contribution in [2.75, 3.05) is 25.0 Å². The lowest BCUT2D eigenvalue weighted by atomic mass is 9.96. The molecule has 21 heavy (non-hydrogen) atoms. The number of likely N-dealkylation sites (N-methyl/N-ethyl adjacent to an activating group) is 1. The van der Waals surface area contributed by atoms with E-state index in [1.165, 1.54) is 24.2 Å². The zero-order valence-corrected chi connectivity index (χ0v) is 12.4. The highest BCUT2D eigenvalue weighted by Gasteiger charge is 2.44. The smallest absolute Gasteiger partial charge is 0.0707 e. The van der Waals surface area contributed by atoms with Gasteiger partial charge in [-0.3, -0.25) is 4.90 Å². The van der Waals surface area contributed by atoms with Gasteiger partial charge in [0.25, 0.3) is 0 Å². The third kappa shape index (κ3) is 1.51. The highest BCUT2D eigenvalue weighted by atomic mass is 15.3. The summed E-state index contributed by atoms with van der Waals surface area (Å²) in [6, 6.07) is 17.1. The van der Waals surface area contributed by atoms with E-state index in [1.54, 1.807) is 16.7 Å². The molecule has 106 valence electrons. The zero-order chi connectivity index (χ0) is 14.0. The number of rotatable bonds is 0. The van der Waals surface area contributed by atoms with Gasteiger partial charge in [0.15, 0.2) is 0 Å². The van der Waals surface area contributed by atoms with Crippen molar-refractivity contribution in [2.24, 2.45) is 0 Å². The molecule has 1 saturated heterocycles. The Morgan fingerprint density at radius 3 is 2.67 bits per heavy atom. The number of fused-ring (bicyclic) bond motifs is 2. The van der Waals surface area contributed by atoms with Gasteiger partial charge in [0.2, 0.25) is 0 Å². The lowest BCUT2D eigenvalue weighted by molar-refractivity contribution is 0.186. The highest BCUT2D eigenvalue weighted by Crippen LogP contribution is 2.47. The van der Waals surface area contributed by atoms with Crippen LogP contribution in [-0.2, 0) is 12.8 Å². The second kappa shape index (κ2) is 4.11. The minimum atomic E-state index is 0.554. The molecule has 2 aromatic carbocycles. The van der Waals surface area contributed by atoms with Gasteiger partial charge in [0.05, 0.1) is 6.04 Å². The van der Waals surface area contributed by atoms with Crippen LogP contribution in [0.25, 0.3) is 0 Å². The van der Waals surface area contributed by atoms with Crippen LogP contribution in [0.4, 0.5) is 5.69 Å². The Bertz CT molecular complexity index is 721. The van der Waals surface area contributed by atoms with Crippen LogP contribution in [0.2, 0.25) is 0 Å². The Labute approximate surface area is 126 Å². The van der Waals surface area contributed by atoms with E-state index in [9.17, 15) is 0 Å². The van der Waals surface area contributed by atoms with Gasteiger partial charge in [-0.05, 0) is 48.2 Å². The van der Waals surface area contributed by atoms with Crippen molar-refractivity contribution in [3.05, 3.63) is 64.7 Å². The Hall–Kier alpha value is -1.80. The Morgan fingerprint density at radius 1 is 0.905 bits per heavy atom. The fourth-order valence-corrected chi connectivity index (χ4v) is 4.65. The molecule has 0 bridgehead atoms. The first-order valence-electron chi connectivity index (χ1n) is 7.98. The van der Waals surface area contributed by atoms with E-state index in [0.717, 1.165) is 13.0 Å². The van der Waals surface area contributed by atoms with Gasteiger partial charge in [-0.2, -0.15) is 0 Å². The van der Waals surface area contributed by atoms with Crippen molar-refractivity contribution in [3.63, 3.8) is 0 Å². The maximum absolute atomic E-state index is 2.68. The predicted molar refractivity (Wildman–Crippen MR) is 85.9 cm³/mol. The predicted octanol–water partition coefficient (Wildman–Crippen LogP) is 3.01. The minimum absolute atomic E-state index is 0.554. The molecule has 3 aliphatic rings. The topological polar surface area (TPSA) is 6.48 Å². The van der Waals surface area contributed by atoms with Gasteiger partial charge in [-0.1, -0.05) is 36.4 Å². The molecule has 0 radical (unpaired) electrons. The molecule has 2 atom stereocenters. The van der Waals surface area contributed by atoms with Crippen molar-refractivity contribution >= 4 is 5.69 Å². The van der Waals surface area contributed by atoms with Crippen LogP contribution in [0.15, 0.2) is 42.5 Å². The van der Waals surface area contributed by atoms with Crippen LogP contribution < -0.4 is 4.90 Å². The summed E-state index contributed by atoms with van der Waals surface area (Å²) in [7, 11) is 2.30. The van der Waals surface area contributed by atoms with Gasteiger partial charge in [-0.15, -0.1) is 0 Å². The molecule has 1 fully saturated rings. The summed E-state index contributed by atoms with van der Waals surface area (Å²) in [6.07, 6.45) is 2.30. The van der Waals surface area contributed by atoms with Crippen molar-refractivity contribution in [1.29, 1.82) is 0 Å². The minimum Gasteiger partial charge on any atom is -0.361 e. The Kier molecular flexibility index (Phi) is 2.31. The molecule has 5 rings (SSSR count). The molecule has 2 aliphatic heterocycles. The molecule has 2 heteroatoms. The van der Waals surface area contributed by atoms with Crippen LogP contribution in [0.1, 0.15) is 28.3 Å². The summed E-state index contributed by atoms with van der Waals surface area (Å²) in [5.41, 5.74) is 7.71. The zero-order valence-electron chi connectivity index (χ0n) is 12.4. The number of anilines is 1. The fourth-order valence-electron chi connectivity index (χ4n) is 4.65. The maximum atomic E-state index is 2.68. The lowest BCUT2D eigenvalue weighted by Crippen LogP contribution is -2.52. The molecular formula is C19H20N2. The number of nitrogens with zero attached hydrogens (tertiary/aromatic N) is 2. The molecule has 0 saturated carbocycles. The molecule has 1 aliphatic carbocycles. The van der Waals surface area contributed by atoms with E-state index in [-0.39, 0.29) is 0 Å². The van der Waals surface area contributed by atoms with Gasteiger partial charge in [0, 0.05) is 24.8 Å². The number of benzene rings is 2. The molecule has 2 aromatic rings. The Balaban J connectivity index is 1.79. The number of para-hydroxylation sites is 1. The van der Waals surface area contributed by atoms with Gasteiger partial charge in [0.1, 0.15) is 0 Å². The molecule has 2 heterocycles. The van der Waals surface area contributed by atoms with Gasteiger partial charge < -0.3 is 4.90 Å². The van der Waals surface area contributed by atoms with Crippen LogP contribution in [0.5, 0.6) is 0 Å². The highest BCUT2D eigenvalue weighted by molar-refractivity contribution is 5.63. The largest absolute Gasteiger partial charge is 0.361 e. The second-order valence-corrected chi connectivity index (χ2v) is 6.69. The van der Waals surface area contributed by atoms with Crippen LogP contribution >= 0.6 is 0 Å². The van der Waals surface area contributed by atoms with Gasteiger partial charge in [-0.25, -0.2) is 0 Å². The van der Waals surface area contributed by atoms with E-state index in [2.05, 4.69) is 59.3 Å². The van der Waals surface area contributed by atoms with E-state index >= 15 is 0 Å². The van der Waals surface area contributed by atoms with Crippen molar-refractivity contribution in [1.82, 2.24) is 4.90 Å². The van der Waals surface area contributed by atoms with Crippen LogP contribution in [-0.4, -0.2) is 31.1 Å². The lowest BCUT2D eigenvalue weighted by Gasteiger charge is -2.44. The summed E-state index contributed by atoms with van der Waals surface area (Å²) in [5.74, 6) is 0. The van der Waals surface area contributed by atoms with Crippen molar-refractivity contribution in [3.8, 4) is 0 Å². The summed E-state index contributed by atoms with van der Waals surface area (Å²) in [5, 5.41) is 0. The second-order valence-electron chi connectivity index (χ2n) is 6.69. The van der Waals surface area contributed by atoms with E-state index < -0.39 is 0 Å². The van der Waals surface area contributed by atoms with Crippen molar-refractivity contribution < 1.29 is 0 Å². The molecule has 0 amide bonds. The average molecular weight is 276 g/mol. The maximum Gasteiger partial charge on any atom is 0.0707 e. The monoisotopic (exact) mass is 276 g/mol. The fraction of sp³-hybridized carbons (Fsp3) is 0.368. The van der Waals surface area contributed by atoms with Crippen LogP contribution in [0, 0.1) is 0 Å². The molecule has 0 aromatic heterocycles. The Morgan fingerprint density at radius 2 is 1.71 bits per heavy atom. The first kappa shape index (κ1) is 11.8. The first-order chi connectivity index (χ1) is 10.3.